The highest BCUT2D eigenvalue weighted by molar-refractivity contribution is 5.65. The number of nitrogens with one attached hydrogen (secondary N) is 2. The number of benzene rings is 2. The van der Waals surface area contributed by atoms with E-state index in [9.17, 15) is 0 Å². The third-order valence-corrected chi connectivity index (χ3v) is 4.43. The zero-order valence-corrected chi connectivity index (χ0v) is 15.0. The van der Waals surface area contributed by atoms with Gasteiger partial charge < -0.3 is 10.1 Å². The monoisotopic (exact) mass is 356 g/mol. The molecule has 0 aliphatic carbocycles. The maximum absolute atomic E-state index is 5.22. The van der Waals surface area contributed by atoms with Crippen molar-refractivity contribution in [2.75, 3.05) is 12.4 Å². The van der Waals surface area contributed by atoms with E-state index in [1.54, 1.807) is 7.11 Å². The molecule has 0 bridgehead atoms. The normalized spacial score (nSPS) is 10.6. The average molecular weight is 356 g/mol. The number of pyridine rings is 1. The van der Waals surface area contributed by atoms with E-state index < -0.39 is 0 Å². The van der Waals surface area contributed by atoms with E-state index in [1.165, 1.54) is 0 Å². The Bertz CT molecular complexity index is 993. The SMILES string of the molecule is COc1ccc(-c2[nH]ncc2CNc2ccc(-c3ccccc3)cn2)cc1. The summed E-state index contributed by atoms with van der Waals surface area (Å²) in [7, 11) is 1.66. The van der Waals surface area contributed by atoms with E-state index in [2.05, 4.69) is 38.7 Å². The standard InChI is InChI=1S/C22H20N4O/c1-27-20-10-7-17(8-11-20)22-19(15-25-26-22)14-24-21-12-9-18(13-23-21)16-5-3-2-4-6-16/h2-13,15H,14H2,1H3,(H,23,24)(H,25,26). The number of methoxy groups -OCH3 is 1. The van der Waals surface area contributed by atoms with Gasteiger partial charge in [-0.05, 0) is 42.0 Å². The topological polar surface area (TPSA) is 62.8 Å². The van der Waals surface area contributed by atoms with Crippen molar-refractivity contribution < 1.29 is 4.74 Å². The molecular weight excluding hydrogens is 336 g/mol. The number of H-pyrrole nitrogens is 1. The van der Waals surface area contributed by atoms with Crippen LogP contribution in [0.2, 0.25) is 0 Å². The minimum absolute atomic E-state index is 0.634. The van der Waals surface area contributed by atoms with Gasteiger partial charge in [0.15, 0.2) is 0 Å². The lowest BCUT2D eigenvalue weighted by molar-refractivity contribution is 0.415. The maximum atomic E-state index is 5.22. The van der Waals surface area contributed by atoms with Crippen LogP contribution in [0.5, 0.6) is 5.75 Å². The van der Waals surface area contributed by atoms with Gasteiger partial charge in [-0.2, -0.15) is 5.10 Å². The van der Waals surface area contributed by atoms with Crippen LogP contribution < -0.4 is 10.1 Å². The number of hydrogen-bond donors (Lipinski definition) is 2. The Hall–Kier alpha value is -3.60. The summed E-state index contributed by atoms with van der Waals surface area (Å²) in [5, 5.41) is 10.6. The third kappa shape index (κ3) is 3.82. The Kier molecular flexibility index (Phi) is 4.83. The molecular formula is C22H20N4O. The van der Waals surface area contributed by atoms with Crippen molar-refractivity contribution in [2.24, 2.45) is 0 Å². The summed E-state index contributed by atoms with van der Waals surface area (Å²) in [5.41, 5.74) is 5.40. The van der Waals surface area contributed by atoms with Gasteiger partial charge in [-0.15, -0.1) is 0 Å². The molecule has 0 radical (unpaired) electrons. The fourth-order valence-corrected chi connectivity index (χ4v) is 2.94. The summed E-state index contributed by atoms with van der Waals surface area (Å²) in [6.07, 6.45) is 3.72. The first-order valence-electron chi connectivity index (χ1n) is 8.75. The second-order valence-corrected chi connectivity index (χ2v) is 6.15. The minimum Gasteiger partial charge on any atom is -0.497 e. The van der Waals surface area contributed by atoms with Crippen LogP contribution in [0.4, 0.5) is 5.82 Å². The molecule has 0 aliphatic heterocycles. The van der Waals surface area contributed by atoms with Gasteiger partial charge in [0.2, 0.25) is 0 Å². The molecule has 2 aromatic heterocycles. The largest absolute Gasteiger partial charge is 0.497 e. The number of rotatable bonds is 6. The molecule has 0 atom stereocenters. The van der Waals surface area contributed by atoms with E-state index in [-0.39, 0.29) is 0 Å². The zero-order chi connectivity index (χ0) is 18.5. The molecule has 2 heterocycles. The number of anilines is 1. The fourth-order valence-electron chi connectivity index (χ4n) is 2.94. The highest BCUT2D eigenvalue weighted by atomic mass is 16.5. The number of aromatic nitrogens is 3. The van der Waals surface area contributed by atoms with Gasteiger partial charge in [-0.3, -0.25) is 5.10 Å². The molecule has 27 heavy (non-hydrogen) atoms. The quantitative estimate of drug-likeness (QED) is 0.523. The van der Waals surface area contributed by atoms with Crippen LogP contribution in [-0.2, 0) is 6.54 Å². The lowest BCUT2D eigenvalue weighted by Gasteiger charge is -2.08. The van der Waals surface area contributed by atoms with E-state index >= 15 is 0 Å². The predicted octanol–water partition coefficient (Wildman–Crippen LogP) is 4.76. The summed E-state index contributed by atoms with van der Waals surface area (Å²) < 4.78 is 5.22. The summed E-state index contributed by atoms with van der Waals surface area (Å²) in [5.74, 6) is 1.66. The summed E-state index contributed by atoms with van der Waals surface area (Å²) in [6.45, 7) is 0.634. The second kappa shape index (κ2) is 7.74. The molecule has 0 fully saturated rings. The maximum Gasteiger partial charge on any atom is 0.126 e. The van der Waals surface area contributed by atoms with Crippen molar-refractivity contribution >= 4 is 5.82 Å². The molecule has 2 aromatic carbocycles. The summed E-state index contributed by atoms with van der Waals surface area (Å²) in [4.78, 5) is 4.52. The lowest BCUT2D eigenvalue weighted by atomic mass is 10.1. The van der Waals surface area contributed by atoms with Crippen LogP contribution >= 0.6 is 0 Å². The van der Waals surface area contributed by atoms with Crippen molar-refractivity contribution in [3.8, 4) is 28.1 Å². The van der Waals surface area contributed by atoms with Crippen molar-refractivity contribution in [3.63, 3.8) is 0 Å². The average Bonchev–Trinajstić information content (AvgIpc) is 3.22. The highest BCUT2D eigenvalue weighted by Crippen LogP contribution is 2.24. The first-order valence-corrected chi connectivity index (χ1v) is 8.75. The van der Waals surface area contributed by atoms with Gasteiger partial charge in [-0.25, -0.2) is 4.98 Å². The molecule has 0 saturated heterocycles. The fraction of sp³-hybridized carbons (Fsp3) is 0.0909. The van der Waals surface area contributed by atoms with Crippen molar-refractivity contribution in [3.05, 3.63) is 84.7 Å². The Labute approximate surface area is 158 Å². The Balaban J connectivity index is 1.46. The van der Waals surface area contributed by atoms with E-state index in [0.717, 1.165) is 39.5 Å². The molecule has 4 aromatic rings. The van der Waals surface area contributed by atoms with Crippen LogP contribution in [0.25, 0.3) is 22.4 Å². The number of hydrogen-bond acceptors (Lipinski definition) is 4. The van der Waals surface area contributed by atoms with Crippen molar-refractivity contribution in [2.45, 2.75) is 6.54 Å². The van der Waals surface area contributed by atoms with Crippen molar-refractivity contribution in [1.29, 1.82) is 0 Å². The van der Waals surface area contributed by atoms with Crippen LogP contribution in [-0.4, -0.2) is 22.3 Å². The summed E-state index contributed by atoms with van der Waals surface area (Å²) in [6, 6.07) is 22.2. The molecule has 0 saturated carbocycles. The molecule has 5 nitrogen and oxygen atoms in total. The molecule has 4 rings (SSSR count). The smallest absolute Gasteiger partial charge is 0.126 e. The van der Waals surface area contributed by atoms with Gasteiger partial charge in [0.05, 0.1) is 19.0 Å². The number of nitrogens with zero attached hydrogens (tertiary/aromatic N) is 2. The zero-order valence-electron chi connectivity index (χ0n) is 15.0. The van der Waals surface area contributed by atoms with Gasteiger partial charge >= 0.3 is 0 Å². The molecule has 2 N–H and O–H groups in total. The molecule has 0 aliphatic rings. The first-order chi connectivity index (χ1) is 13.3. The van der Waals surface area contributed by atoms with Gasteiger partial charge in [-0.1, -0.05) is 30.3 Å². The second-order valence-electron chi connectivity index (χ2n) is 6.15. The Morgan fingerprint density at radius 1 is 0.852 bits per heavy atom. The van der Waals surface area contributed by atoms with Crippen LogP contribution in [0.15, 0.2) is 79.1 Å². The van der Waals surface area contributed by atoms with Crippen LogP contribution in [0.3, 0.4) is 0 Å². The molecule has 0 amide bonds. The Morgan fingerprint density at radius 2 is 1.63 bits per heavy atom. The molecule has 0 spiro atoms. The van der Waals surface area contributed by atoms with Gasteiger partial charge in [0.25, 0.3) is 0 Å². The highest BCUT2D eigenvalue weighted by Gasteiger charge is 2.08. The van der Waals surface area contributed by atoms with Crippen molar-refractivity contribution in [1.82, 2.24) is 15.2 Å². The van der Waals surface area contributed by atoms with E-state index in [0.29, 0.717) is 6.54 Å². The first kappa shape index (κ1) is 16.8. The van der Waals surface area contributed by atoms with Gasteiger partial charge in [0, 0.05) is 29.4 Å². The minimum atomic E-state index is 0.634. The van der Waals surface area contributed by atoms with E-state index in [1.807, 2.05) is 60.9 Å². The summed E-state index contributed by atoms with van der Waals surface area (Å²) >= 11 is 0. The van der Waals surface area contributed by atoms with Crippen LogP contribution in [0.1, 0.15) is 5.56 Å². The Morgan fingerprint density at radius 3 is 2.33 bits per heavy atom. The third-order valence-electron chi connectivity index (χ3n) is 4.43. The number of ether oxygens (including phenoxy) is 1. The molecule has 0 unspecified atom stereocenters. The van der Waals surface area contributed by atoms with E-state index in [4.69, 9.17) is 4.74 Å². The molecule has 5 heteroatoms. The predicted molar refractivity (Wildman–Crippen MR) is 108 cm³/mol. The van der Waals surface area contributed by atoms with Gasteiger partial charge in [0.1, 0.15) is 11.6 Å². The number of aromatic amines is 1. The lowest BCUT2D eigenvalue weighted by Crippen LogP contribution is -2.01. The molecule has 134 valence electrons. The van der Waals surface area contributed by atoms with Crippen LogP contribution in [0, 0.1) is 0 Å².